The van der Waals surface area contributed by atoms with Gasteiger partial charge in [-0.25, -0.2) is 18.4 Å². The zero-order valence-corrected chi connectivity index (χ0v) is 15.8. The van der Waals surface area contributed by atoms with E-state index in [2.05, 4.69) is 10.4 Å². The molecule has 0 unspecified atom stereocenters. The second-order valence-electron chi connectivity index (χ2n) is 6.69. The molecule has 0 N–H and O–H groups in total. The Labute approximate surface area is 159 Å². The topological polar surface area (TPSA) is 73.0 Å². The number of anilines is 1. The van der Waals surface area contributed by atoms with E-state index in [1.165, 1.54) is 4.90 Å². The number of carbonyl (C=O) groups is 1. The van der Waals surface area contributed by atoms with E-state index in [0.717, 1.165) is 29.3 Å². The van der Waals surface area contributed by atoms with Crippen molar-refractivity contribution in [1.29, 1.82) is 0 Å². The maximum atomic E-state index is 14.0. The van der Waals surface area contributed by atoms with E-state index < -0.39 is 29.0 Å². The van der Waals surface area contributed by atoms with Crippen LogP contribution in [-0.2, 0) is 0 Å². The largest absolute Gasteiger partial charge is 0.377 e. The molecule has 28 heavy (non-hydrogen) atoms. The maximum absolute atomic E-state index is 14.0. The second-order valence-corrected chi connectivity index (χ2v) is 6.69. The highest BCUT2D eigenvalue weighted by Crippen LogP contribution is 2.24. The van der Waals surface area contributed by atoms with Crippen molar-refractivity contribution in [1.82, 2.24) is 19.8 Å². The van der Waals surface area contributed by atoms with Crippen molar-refractivity contribution in [2.75, 3.05) is 4.90 Å². The molecule has 0 aliphatic carbocycles. The van der Waals surface area contributed by atoms with Crippen LogP contribution < -0.4 is 10.6 Å². The molecule has 0 aliphatic rings. The Morgan fingerprint density at radius 1 is 1.07 bits per heavy atom. The summed E-state index contributed by atoms with van der Waals surface area (Å²) in [6.07, 6.45) is 0. The quantitative estimate of drug-likeness (QED) is 0.647. The number of amides is 1. The van der Waals surface area contributed by atoms with Gasteiger partial charge in [0, 0.05) is 11.7 Å². The van der Waals surface area contributed by atoms with Crippen LogP contribution in [0.15, 0.2) is 41.2 Å². The number of nitrogens with zero attached hydrogens (tertiary/aromatic N) is 5. The highest BCUT2D eigenvalue weighted by Gasteiger charge is 2.27. The van der Waals surface area contributed by atoms with Gasteiger partial charge in [0.25, 0.3) is 0 Å². The fourth-order valence-corrected chi connectivity index (χ4v) is 2.98. The molecule has 0 spiro atoms. The predicted octanol–water partition coefficient (Wildman–Crippen LogP) is 3.21. The zero-order valence-electron chi connectivity index (χ0n) is 15.8. The van der Waals surface area contributed by atoms with Crippen LogP contribution in [0.4, 0.5) is 19.3 Å². The highest BCUT2D eigenvalue weighted by atomic mass is 19.1. The van der Waals surface area contributed by atoms with Crippen LogP contribution >= 0.6 is 0 Å². The lowest BCUT2D eigenvalue weighted by atomic mass is 10.1. The van der Waals surface area contributed by atoms with Crippen LogP contribution in [0, 0.1) is 25.5 Å². The molecule has 0 atom stereocenters. The van der Waals surface area contributed by atoms with Gasteiger partial charge in [0.1, 0.15) is 5.69 Å². The monoisotopic (exact) mass is 387 g/mol. The predicted molar refractivity (Wildman–Crippen MR) is 99.9 cm³/mol. The molecule has 3 rings (SSSR count). The van der Waals surface area contributed by atoms with Gasteiger partial charge in [-0.2, -0.15) is 4.68 Å². The number of halogens is 2. The molecule has 1 amide bonds. The number of hydrogen-bond acceptors (Lipinski definition) is 4. The molecule has 0 fully saturated rings. The summed E-state index contributed by atoms with van der Waals surface area (Å²) >= 11 is 0. The van der Waals surface area contributed by atoms with Crippen molar-refractivity contribution in [3.05, 3.63) is 69.6 Å². The van der Waals surface area contributed by atoms with Gasteiger partial charge in [0.05, 0.1) is 0 Å². The first-order valence-electron chi connectivity index (χ1n) is 8.62. The fraction of sp³-hybridized carbons (Fsp3) is 0.263. The van der Waals surface area contributed by atoms with Gasteiger partial charge < -0.3 is 0 Å². The Hall–Kier alpha value is -3.36. The number of carbonyl (C=O) groups excluding carboxylic acids is 1. The van der Waals surface area contributed by atoms with Gasteiger partial charge in [-0.05, 0) is 61.9 Å². The van der Waals surface area contributed by atoms with Crippen LogP contribution in [0.5, 0.6) is 0 Å². The molecule has 7 nitrogen and oxygen atoms in total. The Morgan fingerprint density at radius 3 is 2.29 bits per heavy atom. The average Bonchev–Trinajstić information content (AvgIpc) is 2.98. The third-order valence-corrected chi connectivity index (χ3v) is 4.25. The lowest BCUT2D eigenvalue weighted by Gasteiger charge is -2.27. The van der Waals surface area contributed by atoms with Crippen LogP contribution in [-0.4, -0.2) is 31.9 Å². The summed E-state index contributed by atoms with van der Waals surface area (Å²) in [4.78, 5) is 27.1. The molecule has 0 aliphatic heterocycles. The molecule has 9 heteroatoms. The van der Waals surface area contributed by atoms with E-state index in [4.69, 9.17) is 0 Å². The molecule has 146 valence electrons. The van der Waals surface area contributed by atoms with Gasteiger partial charge in [0.2, 0.25) is 0 Å². The highest BCUT2D eigenvalue weighted by molar-refractivity contribution is 5.94. The molecule has 3 aromatic rings. The van der Waals surface area contributed by atoms with Crippen molar-refractivity contribution in [2.45, 2.75) is 33.7 Å². The first-order valence-corrected chi connectivity index (χ1v) is 8.62. The number of aromatic nitrogens is 4. The van der Waals surface area contributed by atoms with Crippen molar-refractivity contribution in [3.8, 4) is 5.69 Å². The second kappa shape index (κ2) is 7.34. The number of aryl methyl sites for hydroxylation is 2. The van der Waals surface area contributed by atoms with Gasteiger partial charge >= 0.3 is 11.7 Å². The smallest absolute Gasteiger partial charge is 0.290 e. The van der Waals surface area contributed by atoms with E-state index in [9.17, 15) is 18.4 Å². The number of hydrogen-bond donors (Lipinski definition) is 0. The number of rotatable bonds is 3. The Kier molecular flexibility index (Phi) is 5.08. The lowest BCUT2D eigenvalue weighted by molar-refractivity contribution is 0.242. The first kappa shape index (κ1) is 19.4. The van der Waals surface area contributed by atoms with Crippen LogP contribution in [0.2, 0.25) is 0 Å². The fourth-order valence-electron chi connectivity index (χ4n) is 2.98. The molecule has 0 bridgehead atoms. The van der Waals surface area contributed by atoms with Crippen molar-refractivity contribution in [3.63, 3.8) is 0 Å². The minimum Gasteiger partial charge on any atom is -0.290 e. The van der Waals surface area contributed by atoms with E-state index in [1.54, 1.807) is 19.9 Å². The van der Waals surface area contributed by atoms with Crippen molar-refractivity contribution in [2.24, 2.45) is 0 Å². The number of para-hydroxylation sites is 1. The van der Waals surface area contributed by atoms with Crippen LogP contribution in [0.1, 0.15) is 25.0 Å². The van der Waals surface area contributed by atoms with Gasteiger partial charge in [0.15, 0.2) is 11.6 Å². The molecule has 0 saturated heterocycles. The van der Waals surface area contributed by atoms with Gasteiger partial charge in [-0.15, -0.1) is 4.68 Å². The summed E-state index contributed by atoms with van der Waals surface area (Å²) in [5.41, 5.74) is 0.709. The normalized spacial score (nSPS) is 11.1. The Balaban J connectivity index is 2.09. The Morgan fingerprint density at radius 2 is 1.71 bits per heavy atom. The summed E-state index contributed by atoms with van der Waals surface area (Å²) in [5, 5.41) is 7.03. The van der Waals surface area contributed by atoms with Crippen molar-refractivity contribution >= 4 is 11.7 Å². The van der Waals surface area contributed by atoms with E-state index >= 15 is 0 Å². The molecule has 1 aromatic heterocycles. The third-order valence-electron chi connectivity index (χ3n) is 4.25. The number of tetrazole rings is 1. The standard InChI is InChI=1S/C19H19F2N5O2/c1-11(2)24(16-9-8-12(3)10-13(16)4)18(27)26-19(28)25(22-23-26)17-14(20)6-5-7-15(17)21/h5-11H,1-4H3. The summed E-state index contributed by atoms with van der Waals surface area (Å²) < 4.78 is 28.9. The van der Waals surface area contributed by atoms with Crippen molar-refractivity contribution < 1.29 is 13.6 Å². The number of benzene rings is 2. The summed E-state index contributed by atoms with van der Waals surface area (Å²) in [7, 11) is 0. The molecule has 0 radical (unpaired) electrons. The zero-order chi connectivity index (χ0) is 20.6. The van der Waals surface area contributed by atoms with E-state index in [-0.39, 0.29) is 6.04 Å². The SMILES string of the molecule is Cc1ccc(N(C(=O)n2nnn(-c3c(F)cccc3F)c2=O)C(C)C)c(C)c1. The minimum atomic E-state index is -1.07. The maximum Gasteiger partial charge on any atom is 0.377 e. The van der Waals surface area contributed by atoms with Gasteiger partial charge in [-0.3, -0.25) is 4.90 Å². The minimum absolute atomic E-state index is 0.309. The average molecular weight is 387 g/mol. The molecule has 0 saturated carbocycles. The summed E-state index contributed by atoms with van der Waals surface area (Å²) in [6, 6.07) is 7.59. The summed E-state index contributed by atoms with van der Waals surface area (Å²) in [5.74, 6) is -1.98. The van der Waals surface area contributed by atoms with E-state index in [1.807, 2.05) is 26.0 Å². The molecular weight excluding hydrogens is 368 g/mol. The van der Waals surface area contributed by atoms with Gasteiger partial charge in [-0.1, -0.05) is 23.8 Å². The van der Waals surface area contributed by atoms with E-state index in [0.29, 0.717) is 15.1 Å². The third kappa shape index (κ3) is 3.30. The molecule has 1 heterocycles. The lowest BCUT2D eigenvalue weighted by Crippen LogP contribution is -2.45. The Bertz CT molecular complexity index is 1080. The molecular formula is C19H19F2N5O2. The van der Waals surface area contributed by atoms with Crippen LogP contribution in [0.25, 0.3) is 5.69 Å². The molecule has 2 aromatic carbocycles. The summed E-state index contributed by atoms with van der Waals surface area (Å²) in [6.45, 7) is 7.34. The first-order chi connectivity index (χ1) is 13.2. The van der Waals surface area contributed by atoms with Crippen LogP contribution in [0.3, 0.4) is 0 Å².